The van der Waals surface area contributed by atoms with E-state index in [1.165, 1.54) is 0 Å². The summed E-state index contributed by atoms with van der Waals surface area (Å²) >= 11 is 6.01. The first-order valence-electron chi connectivity index (χ1n) is 8.04. The number of amides is 1. The highest BCUT2D eigenvalue weighted by atomic mass is 35.5. The summed E-state index contributed by atoms with van der Waals surface area (Å²) in [5.41, 5.74) is 2.17. The molecule has 0 saturated heterocycles. The van der Waals surface area contributed by atoms with E-state index in [2.05, 4.69) is 15.6 Å². The van der Waals surface area contributed by atoms with Crippen LogP contribution in [0.2, 0.25) is 5.02 Å². The fraction of sp³-hybridized carbons (Fsp3) is 0.100. The smallest absolute Gasteiger partial charge is 0.255 e. The van der Waals surface area contributed by atoms with Gasteiger partial charge in [-0.25, -0.2) is 4.98 Å². The highest BCUT2D eigenvalue weighted by molar-refractivity contribution is 6.30. The van der Waals surface area contributed by atoms with Gasteiger partial charge in [0.2, 0.25) is 0 Å². The topological polar surface area (TPSA) is 63.2 Å². The lowest BCUT2D eigenvalue weighted by Gasteiger charge is -2.12. The van der Waals surface area contributed by atoms with Crippen molar-refractivity contribution < 1.29 is 9.53 Å². The first-order chi connectivity index (χ1) is 12.7. The average Bonchev–Trinajstić information content (AvgIpc) is 2.67. The van der Waals surface area contributed by atoms with Crippen molar-refractivity contribution in [2.75, 3.05) is 12.4 Å². The van der Waals surface area contributed by atoms with Crippen LogP contribution in [0.15, 0.2) is 66.9 Å². The van der Waals surface area contributed by atoms with Crippen LogP contribution in [0.5, 0.6) is 5.75 Å². The maximum absolute atomic E-state index is 12.6. The SMILES string of the molecule is COc1cccc(CNC(=O)c2cccnc2Nc2cccc(Cl)c2)c1. The predicted molar refractivity (Wildman–Crippen MR) is 103 cm³/mol. The van der Waals surface area contributed by atoms with Crippen molar-refractivity contribution in [3.05, 3.63) is 83.0 Å². The Kier molecular flexibility index (Phi) is 5.71. The van der Waals surface area contributed by atoms with E-state index in [4.69, 9.17) is 16.3 Å². The summed E-state index contributed by atoms with van der Waals surface area (Å²) in [4.78, 5) is 16.9. The normalized spacial score (nSPS) is 10.2. The highest BCUT2D eigenvalue weighted by Gasteiger charge is 2.12. The van der Waals surface area contributed by atoms with Gasteiger partial charge < -0.3 is 15.4 Å². The minimum absolute atomic E-state index is 0.217. The number of carbonyl (C=O) groups excluding carboxylic acids is 1. The van der Waals surface area contributed by atoms with Crippen LogP contribution in [0.3, 0.4) is 0 Å². The Hall–Kier alpha value is -3.05. The number of pyridine rings is 1. The molecule has 1 heterocycles. The van der Waals surface area contributed by atoms with Crippen LogP contribution in [-0.2, 0) is 6.54 Å². The van der Waals surface area contributed by atoms with Gasteiger partial charge in [0.15, 0.2) is 0 Å². The van der Waals surface area contributed by atoms with Gasteiger partial charge >= 0.3 is 0 Å². The number of halogens is 1. The van der Waals surface area contributed by atoms with Gasteiger partial charge in [0.1, 0.15) is 11.6 Å². The van der Waals surface area contributed by atoms with E-state index in [1.54, 1.807) is 37.6 Å². The zero-order chi connectivity index (χ0) is 18.4. The fourth-order valence-corrected chi connectivity index (χ4v) is 2.64. The first kappa shape index (κ1) is 17.8. The van der Waals surface area contributed by atoms with Gasteiger partial charge in [0.05, 0.1) is 12.7 Å². The van der Waals surface area contributed by atoms with Crippen LogP contribution >= 0.6 is 11.6 Å². The Balaban J connectivity index is 1.73. The van der Waals surface area contributed by atoms with Crippen molar-refractivity contribution in [3.8, 4) is 5.75 Å². The van der Waals surface area contributed by atoms with E-state index in [0.717, 1.165) is 17.0 Å². The van der Waals surface area contributed by atoms with Crippen molar-refractivity contribution in [1.29, 1.82) is 0 Å². The number of hydrogen-bond donors (Lipinski definition) is 2. The second-order valence-corrected chi connectivity index (χ2v) is 6.01. The Labute approximate surface area is 157 Å². The molecule has 0 bridgehead atoms. The summed E-state index contributed by atoms with van der Waals surface area (Å²) < 4.78 is 5.20. The number of nitrogens with one attached hydrogen (secondary N) is 2. The standard InChI is InChI=1S/C20H18ClN3O2/c1-26-17-8-2-5-14(11-17)13-23-20(25)18-9-4-10-22-19(18)24-16-7-3-6-15(21)12-16/h2-12H,13H2,1H3,(H,22,24)(H,23,25). The zero-order valence-corrected chi connectivity index (χ0v) is 15.0. The van der Waals surface area contributed by atoms with Gasteiger partial charge in [0, 0.05) is 23.5 Å². The second kappa shape index (κ2) is 8.36. The van der Waals surface area contributed by atoms with Crippen molar-refractivity contribution in [1.82, 2.24) is 10.3 Å². The summed E-state index contributed by atoms with van der Waals surface area (Å²) in [5.74, 6) is 1.00. The molecule has 0 aliphatic heterocycles. The summed E-state index contributed by atoms with van der Waals surface area (Å²) in [5, 5.41) is 6.64. The molecule has 0 fully saturated rings. The molecule has 0 unspecified atom stereocenters. The molecular formula is C20H18ClN3O2. The molecule has 26 heavy (non-hydrogen) atoms. The molecule has 0 radical (unpaired) electrons. The lowest BCUT2D eigenvalue weighted by molar-refractivity contribution is 0.0951. The van der Waals surface area contributed by atoms with Gasteiger partial charge in [-0.15, -0.1) is 0 Å². The van der Waals surface area contributed by atoms with E-state index >= 15 is 0 Å². The Morgan fingerprint density at radius 3 is 2.77 bits per heavy atom. The van der Waals surface area contributed by atoms with Crippen LogP contribution in [-0.4, -0.2) is 18.0 Å². The molecule has 1 amide bonds. The molecule has 1 aromatic heterocycles. The number of anilines is 2. The maximum Gasteiger partial charge on any atom is 0.255 e. The predicted octanol–water partition coefficient (Wildman–Crippen LogP) is 4.42. The number of rotatable bonds is 6. The van der Waals surface area contributed by atoms with Crippen molar-refractivity contribution in [3.63, 3.8) is 0 Å². The van der Waals surface area contributed by atoms with Gasteiger partial charge in [-0.3, -0.25) is 4.79 Å². The van der Waals surface area contributed by atoms with Crippen molar-refractivity contribution >= 4 is 29.0 Å². The first-order valence-corrected chi connectivity index (χ1v) is 8.42. The number of ether oxygens (including phenoxy) is 1. The van der Waals surface area contributed by atoms with Crippen molar-refractivity contribution in [2.45, 2.75) is 6.54 Å². The van der Waals surface area contributed by atoms with Crippen LogP contribution in [0, 0.1) is 0 Å². The van der Waals surface area contributed by atoms with Crippen LogP contribution in [0.25, 0.3) is 0 Å². The summed E-state index contributed by atoms with van der Waals surface area (Å²) in [6.07, 6.45) is 1.63. The van der Waals surface area contributed by atoms with E-state index in [-0.39, 0.29) is 5.91 Å². The van der Waals surface area contributed by atoms with Gasteiger partial charge in [0.25, 0.3) is 5.91 Å². The summed E-state index contributed by atoms with van der Waals surface area (Å²) in [7, 11) is 1.61. The van der Waals surface area contributed by atoms with Gasteiger partial charge in [-0.2, -0.15) is 0 Å². The second-order valence-electron chi connectivity index (χ2n) is 5.57. The zero-order valence-electron chi connectivity index (χ0n) is 14.2. The number of carbonyl (C=O) groups is 1. The van der Waals surface area contributed by atoms with E-state index in [1.807, 2.05) is 36.4 Å². The van der Waals surface area contributed by atoms with Crippen LogP contribution < -0.4 is 15.4 Å². The van der Waals surface area contributed by atoms with Crippen molar-refractivity contribution in [2.24, 2.45) is 0 Å². The monoisotopic (exact) mass is 367 g/mol. The van der Waals surface area contributed by atoms with Crippen LogP contribution in [0.1, 0.15) is 15.9 Å². The Bertz CT molecular complexity index is 915. The molecule has 132 valence electrons. The third kappa shape index (κ3) is 4.52. The number of methoxy groups -OCH3 is 1. The molecule has 5 nitrogen and oxygen atoms in total. The maximum atomic E-state index is 12.6. The van der Waals surface area contributed by atoms with E-state index in [0.29, 0.717) is 22.9 Å². The minimum atomic E-state index is -0.217. The molecule has 2 aromatic carbocycles. The molecule has 0 aliphatic carbocycles. The average molecular weight is 368 g/mol. The minimum Gasteiger partial charge on any atom is -0.497 e. The third-order valence-electron chi connectivity index (χ3n) is 3.73. The van der Waals surface area contributed by atoms with E-state index < -0.39 is 0 Å². The molecule has 0 saturated carbocycles. The molecule has 0 atom stereocenters. The highest BCUT2D eigenvalue weighted by Crippen LogP contribution is 2.21. The number of nitrogens with zero attached hydrogens (tertiary/aromatic N) is 1. The molecule has 0 spiro atoms. The largest absolute Gasteiger partial charge is 0.497 e. The third-order valence-corrected chi connectivity index (χ3v) is 3.96. The Morgan fingerprint density at radius 1 is 1.12 bits per heavy atom. The lowest BCUT2D eigenvalue weighted by Crippen LogP contribution is -2.24. The molecule has 0 aliphatic rings. The lowest BCUT2D eigenvalue weighted by atomic mass is 10.2. The number of hydrogen-bond acceptors (Lipinski definition) is 4. The molecular weight excluding hydrogens is 350 g/mol. The van der Waals surface area contributed by atoms with Crippen LogP contribution in [0.4, 0.5) is 11.5 Å². The molecule has 2 N–H and O–H groups in total. The van der Waals surface area contributed by atoms with E-state index in [9.17, 15) is 4.79 Å². The number of aromatic nitrogens is 1. The quantitative estimate of drug-likeness (QED) is 0.677. The molecule has 6 heteroatoms. The Morgan fingerprint density at radius 2 is 1.96 bits per heavy atom. The summed E-state index contributed by atoms with van der Waals surface area (Å²) in [6.45, 7) is 0.390. The fourth-order valence-electron chi connectivity index (χ4n) is 2.45. The number of benzene rings is 2. The molecule has 3 rings (SSSR count). The summed E-state index contributed by atoms with van der Waals surface area (Å²) in [6, 6.07) is 18.3. The van der Waals surface area contributed by atoms with Gasteiger partial charge in [-0.05, 0) is 48.0 Å². The van der Waals surface area contributed by atoms with Gasteiger partial charge in [-0.1, -0.05) is 29.8 Å². The molecule has 3 aromatic rings.